The van der Waals surface area contributed by atoms with E-state index in [1.165, 1.54) is 11.8 Å². The lowest BCUT2D eigenvalue weighted by Gasteiger charge is -2.07. The van der Waals surface area contributed by atoms with Crippen LogP contribution in [0.2, 0.25) is 0 Å². The van der Waals surface area contributed by atoms with Crippen LogP contribution in [0.1, 0.15) is 17.3 Å². The first-order valence-electron chi connectivity index (χ1n) is 5.96. The highest BCUT2D eigenvalue weighted by Crippen LogP contribution is 2.38. The number of benzene rings is 1. The molecule has 0 unspecified atom stereocenters. The quantitative estimate of drug-likeness (QED) is 0.839. The molecule has 2 rings (SSSR count). The van der Waals surface area contributed by atoms with Crippen molar-refractivity contribution in [1.82, 2.24) is 0 Å². The molecule has 1 aliphatic heterocycles. The summed E-state index contributed by atoms with van der Waals surface area (Å²) < 4.78 is 0. The van der Waals surface area contributed by atoms with Crippen LogP contribution >= 0.6 is 11.8 Å². The molecular weight excluding hydrogens is 272 g/mol. The number of rotatable bonds is 3. The fraction of sp³-hybridized carbons (Fsp3) is 0.0667. The summed E-state index contributed by atoms with van der Waals surface area (Å²) in [6.45, 7) is 5.47. The SMILES string of the molecule is C=C/C=C\C1=C(C)Sc2ccc(C(N)=O)cc2NC1=O. The Hall–Kier alpha value is -2.27. The summed E-state index contributed by atoms with van der Waals surface area (Å²) >= 11 is 1.47. The lowest BCUT2D eigenvalue weighted by molar-refractivity contribution is -0.112. The number of thioether (sulfide) groups is 1. The van der Waals surface area contributed by atoms with Crippen molar-refractivity contribution in [3.05, 3.63) is 59.0 Å². The third-order valence-electron chi connectivity index (χ3n) is 2.80. The number of fused-ring (bicyclic) bond motifs is 1. The first-order valence-corrected chi connectivity index (χ1v) is 6.77. The van der Waals surface area contributed by atoms with Crippen LogP contribution in [-0.2, 0) is 4.79 Å². The molecule has 0 saturated heterocycles. The van der Waals surface area contributed by atoms with Gasteiger partial charge in [0, 0.05) is 16.0 Å². The van der Waals surface area contributed by atoms with Crippen LogP contribution in [0.3, 0.4) is 0 Å². The highest BCUT2D eigenvalue weighted by atomic mass is 32.2. The second kappa shape index (κ2) is 5.79. The summed E-state index contributed by atoms with van der Waals surface area (Å²) in [5.74, 6) is -0.735. The van der Waals surface area contributed by atoms with Gasteiger partial charge in [-0.15, -0.1) is 0 Å². The maximum Gasteiger partial charge on any atom is 0.256 e. The molecule has 20 heavy (non-hydrogen) atoms. The molecular formula is C15H14N2O2S. The minimum absolute atomic E-state index is 0.214. The van der Waals surface area contributed by atoms with Gasteiger partial charge in [-0.05, 0) is 36.1 Å². The Balaban J connectivity index is 2.44. The van der Waals surface area contributed by atoms with Crippen LogP contribution in [-0.4, -0.2) is 11.8 Å². The van der Waals surface area contributed by atoms with Crippen molar-refractivity contribution in [3.8, 4) is 0 Å². The monoisotopic (exact) mass is 286 g/mol. The summed E-state index contributed by atoms with van der Waals surface area (Å²) in [5, 5.41) is 2.80. The minimum Gasteiger partial charge on any atom is -0.366 e. The minimum atomic E-state index is -0.521. The second-order valence-electron chi connectivity index (χ2n) is 4.20. The van der Waals surface area contributed by atoms with Gasteiger partial charge in [0.25, 0.3) is 5.91 Å². The fourth-order valence-electron chi connectivity index (χ4n) is 1.80. The molecule has 1 heterocycles. The molecule has 0 atom stereocenters. The van der Waals surface area contributed by atoms with Gasteiger partial charge in [-0.2, -0.15) is 0 Å². The van der Waals surface area contributed by atoms with Gasteiger partial charge in [0.1, 0.15) is 0 Å². The van der Waals surface area contributed by atoms with Crippen LogP contribution in [0.25, 0.3) is 0 Å². The summed E-state index contributed by atoms with van der Waals surface area (Å²) in [6, 6.07) is 5.03. The maximum atomic E-state index is 12.2. The van der Waals surface area contributed by atoms with Crippen LogP contribution in [0.5, 0.6) is 0 Å². The first-order chi connectivity index (χ1) is 9.52. The van der Waals surface area contributed by atoms with E-state index >= 15 is 0 Å². The third kappa shape index (κ3) is 2.83. The van der Waals surface area contributed by atoms with E-state index in [2.05, 4.69) is 11.9 Å². The highest BCUT2D eigenvalue weighted by molar-refractivity contribution is 8.03. The summed E-state index contributed by atoms with van der Waals surface area (Å²) in [5.41, 5.74) is 6.79. The second-order valence-corrected chi connectivity index (χ2v) is 5.45. The van der Waals surface area contributed by atoms with E-state index in [0.29, 0.717) is 16.8 Å². The molecule has 0 radical (unpaired) electrons. The Bertz CT molecular complexity index is 660. The first kappa shape index (κ1) is 14.1. The summed E-state index contributed by atoms with van der Waals surface area (Å²) in [7, 11) is 0. The van der Waals surface area contributed by atoms with Gasteiger partial charge in [0.15, 0.2) is 0 Å². The Kier molecular flexibility index (Phi) is 4.10. The molecule has 0 aliphatic carbocycles. The van der Waals surface area contributed by atoms with Crippen LogP contribution in [0, 0.1) is 0 Å². The molecule has 0 bridgehead atoms. The van der Waals surface area contributed by atoms with Crippen molar-refractivity contribution in [2.24, 2.45) is 5.73 Å². The van der Waals surface area contributed by atoms with E-state index in [-0.39, 0.29) is 5.91 Å². The fourth-order valence-corrected chi connectivity index (χ4v) is 2.75. The predicted molar refractivity (Wildman–Crippen MR) is 81.5 cm³/mol. The number of nitrogens with one attached hydrogen (secondary N) is 1. The van der Waals surface area contributed by atoms with Gasteiger partial charge >= 0.3 is 0 Å². The van der Waals surface area contributed by atoms with Gasteiger partial charge < -0.3 is 11.1 Å². The molecule has 0 spiro atoms. The van der Waals surface area contributed by atoms with E-state index in [1.807, 2.05) is 6.92 Å². The van der Waals surface area contributed by atoms with Crippen LogP contribution < -0.4 is 11.1 Å². The number of allylic oxidation sites excluding steroid dienone is 3. The number of amides is 2. The standard InChI is InChI=1S/C15H14N2O2S/c1-3-4-5-11-9(2)20-13-7-6-10(14(16)18)8-12(13)17-15(11)19/h3-8H,1H2,2H3,(H2,16,18)(H,17,19)/b5-4-. The van der Waals surface area contributed by atoms with Crippen LogP contribution in [0.15, 0.2) is 58.4 Å². The molecule has 102 valence electrons. The van der Waals surface area contributed by atoms with E-state index in [9.17, 15) is 9.59 Å². The van der Waals surface area contributed by atoms with Crippen molar-refractivity contribution >= 4 is 29.3 Å². The highest BCUT2D eigenvalue weighted by Gasteiger charge is 2.19. The third-order valence-corrected chi connectivity index (χ3v) is 3.90. The molecule has 0 aromatic heterocycles. The molecule has 0 fully saturated rings. The Labute approximate surface area is 121 Å². The van der Waals surface area contributed by atoms with Gasteiger partial charge in [0.2, 0.25) is 5.91 Å². The zero-order valence-electron chi connectivity index (χ0n) is 11.0. The van der Waals surface area contributed by atoms with E-state index in [4.69, 9.17) is 5.73 Å². The molecule has 2 amide bonds. The summed E-state index contributed by atoms with van der Waals surface area (Å²) in [4.78, 5) is 25.1. The Morgan fingerprint density at radius 3 is 2.85 bits per heavy atom. The molecule has 5 heteroatoms. The van der Waals surface area contributed by atoms with Crippen molar-refractivity contribution in [1.29, 1.82) is 0 Å². The normalized spacial score (nSPS) is 14.8. The van der Waals surface area contributed by atoms with Crippen molar-refractivity contribution in [2.45, 2.75) is 11.8 Å². The van der Waals surface area contributed by atoms with E-state index in [1.54, 1.807) is 36.4 Å². The topological polar surface area (TPSA) is 72.2 Å². The van der Waals surface area contributed by atoms with Crippen LogP contribution in [0.4, 0.5) is 5.69 Å². The van der Waals surface area contributed by atoms with Crippen molar-refractivity contribution in [2.75, 3.05) is 5.32 Å². The largest absolute Gasteiger partial charge is 0.366 e. The number of carbonyl (C=O) groups is 2. The number of carbonyl (C=O) groups excluding carboxylic acids is 2. The molecule has 1 aromatic carbocycles. The lowest BCUT2D eigenvalue weighted by Crippen LogP contribution is -2.15. The molecule has 1 aromatic rings. The average Bonchev–Trinajstić information content (AvgIpc) is 2.51. The number of anilines is 1. The molecule has 1 aliphatic rings. The van der Waals surface area contributed by atoms with Gasteiger partial charge in [-0.25, -0.2) is 0 Å². The zero-order valence-corrected chi connectivity index (χ0v) is 11.8. The van der Waals surface area contributed by atoms with Crippen molar-refractivity contribution in [3.63, 3.8) is 0 Å². The molecule has 0 saturated carbocycles. The molecule has 3 N–H and O–H groups in total. The van der Waals surface area contributed by atoms with E-state index in [0.717, 1.165) is 9.80 Å². The van der Waals surface area contributed by atoms with Crippen molar-refractivity contribution < 1.29 is 9.59 Å². The number of hydrogen-bond acceptors (Lipinski definition) is 3. The summed E-state index contributed by atoms with van der Waals surface area (Å²) in [6.07, 6.45) is 5.04. The predicted octanol–water partition coefficient (Wildman–Crippen LogP) is 2.85. The molecule has 4 nitrogen and oxygen atoms in total. The smallest absolute Gasteiger partial charge is 0.256 e. The van der Waals surface area contributed by atoms with Gasteiger partial charge in [-0.3, -0.25) is 9.59 Å². The van der Waals surface area contributed by atoms with Gasteiger partial charge in [0.05, 0.1) is 5.69 Å². The average molecular weight is 286 g/mol. The maximum absolute atomic E-state index is 12.2. The Morgan fingerprint density at radius 1 is 1.45 bits per heavy atom. The number of hydrogen-bond donors (Lipinski definition) is 2. The van der Waals surface area contributed by atoms with E-state index < -0.39 is 5.91 Å². The lowest BCUT2D eigenvalue weighted by atomic mass is 10.1. The van der Waals surface area contributed by atoms with Gasteiger partial charge in [-0.1, -0.05) is 30.5 Å². The number of nitrogens with two attached hydrogens (primary N) is 1. The zero-order chi connectivity index (χ0) is 14.7. The number of primary amides is 1. The Morgan fingerprint density at radius 2 is 2.20 bits per heavy atom.